The maximum atomic E-state index is 13.0. The van der Waals surface area contributed by atoms with Crippen LogP contribution >= 0.6 is 0 Å². The van der Waals surface area contributed by atoms with Gasteiger partial charge in [-0.1, -0.05) is 27.2 Å². The van der Waals surface area contributed by atoms with Crippen LogP contribution in [0.1, 0.15) is 52.9 Å². The van der Waals surface area contributed by atoms with Crippen LogP contribution in [0, 0.1) is 11.3 Å². The molecule has 0 heterocycles. The van der Waals surface area contributed by atoms with E-state index in [0.717, 1.165) is 6.42 Å². The molecule has 0 radical (unpaired) electrons. The zero-order chi connectivity index (χ0) is 13.3. The summed E-state index contributed by atoms with van der Waals surface area (Å²) in [6, 6.07) is 0. The predicted octanol–water partition coefficient (Wildman–Crippen LogP) is 4.13. The zero-order valence-electron chi connectivity index (χ0n) is 11.2. The highest BCUT2D eigenvalue weighted by molar-refractivity contribution is 4.99. The van der Waals surface area contributed by atoms with Gasteiger partial charge < -0.3 is 5.32 Å². The predicted molar refractivity (Wildman–Crippen MR) is 63.9 cm³/mol. The van der Waals surface area contributed by atoms with E-state index >= 15 is 0 Å². The lowest BCUT2D eigenvalue weighted by molar-refractivity contribution is -0.208. The monoisotopic (exact) mass is 251 g/mol. The second-order valence-corrected chi connectivity index (χ2v) is 5.95. The van der Waals surface area contributed by atoms with Crippen molar-refractivity contribution in [2.75, 3.05) is 7.05 Å². The van der Waals surface area contributed by atoms with E-state index in [1.807, 2.05) is 0 Å². The van der Waals surface area contributed by atoms with Crippen molar-refractivity contribution >= 4 is 0 Å². The van der Waals surface area contributed by atoms with Crippen LogP contribution in [0.5, 0.6) is 0 Å². The average molecular weight is 251 g/mol. The summed E-state index contributed by atoms with van der Waals surface area (Å²) in [4.78, 5) is 0. The number of alkyl halides is 3. The third-order valence-electron chi connectivity index (χ3n) is 4.88. The van der Waals surface area contributed by atoms with Gasteiger partial charge in [0.15, 0.2) is 0 Å². The van der Waals surface area contributed by atoms with Gasteiger partial charge in [-0.25, -0.2) is 0 Å². The van der Waals surface area contributed by atoms with Crippen LogP contribution in [-0.2, 0) is 0 Å². The summed E-state index contributed by atoms with van der Waals surface area (Å²) >= 11 is 0. The minimum Gasteiger partial charge on any atom is -0.307 e. The quantitative estimate of drug-likeness (QED) is 0.795. The molecule has 1 saturated carbocycles. The van der Waals surface area contributed by atoms with E-state index in [0.29, 0.717) is 18.8 Å². The molecule has 17 heavy (non-hydrogen) atoms. The highest BCUT2D eigenvalue weighted by Crippen LogP contribution is 2.48. The lowest BCUT2D eigenvalue weighted by atomic mass is 9.65. The standard InChI is InChI=1S/C13H24F3N/c1-5-11(2,3)10-6-8-12(17-4,9-7-10)13(14,15)16/h10,17H,5-9H2,1-4H3. The molecule has 0 saturated heterocycles. The first kappa shape index (κ1) is 14.8. The Morgan fingerprint density at radius 1 is 1.18 bits per heavy atom. The normalized spacial score (nSPS) is 31.6. The van der Waals surface area contributed by atoms with Crippen molar-refractivity contribution in [1.82, 2.24) is 5.32 Å². The van der Waals surface area contributed by atoms with Crippen LogP contribution in [0.15, 0.2) is 0 Å². The Kier molecular flexibility index (Phi) is 4.17. The van der Waals surface area contributed by atoms with Crippen molar-refractivity contribution in [2.45, 2.75) is 64.6 Å². The molecule has 1 fully saturated rings. The number of rotatable bonds is 3. The first-order valence-corrected chi connectivity index (χ1v) is 6.44. The lowest BCUT2D eigenvalue weighted by Gasteiger charge is -2.45. The van der Waals surface area contributed by atoms with Gasteiger partial charge in [0.05, 0.1) is 0 Å². The molecule has 0 aliphatic heterocycles. The number of hydrogen-bond donors (Lipinski definition) is 1. The first-order valence-electron chi connectivity index (χ1n) is 6.44. The second kappa shape index (κ2) is 4.79. The molecule has 0 spiro atoms. The maximum Gasteiger partial charge on any atom is 0.406 e. The van der Waals surface area contributed by atoms with E-state index in [1.54, 1.807) is 0 Å². The van der Waals surface area contributed by atoms with Crippen molar-refractivity contribution in [2.24, 2.45) is 11.3 Å². The summed E-state index contributed by atoms with van der Waals surface area (Å²) in [5.74, 6) is 0.413. The van der Waals surface area contributed by atoms with Crippen LogP contribution in [0.4, 0.5) is 13.2 Å². The molecule has 0 aromatic rings. The van der Waals surface area contributed by atoms with Crippen molar-refractivity contribution in [1.29, 1.82) is 0 Å². The fraction of sp³-hybridized carbons (Fsp3) is 1.00. The van der Waals surface area contributed by atoms with Crippen LogP contribution in [-0.4, -0.2) is 18.8 Å². The lowest BCUT2D eigenvalue weighted by Crippen LogP contribution is -2.57. The summed E-state index contributed by atoms with van der Waals surface area (Å²) in [5, 5.41) is 2.52. The average Bonchev–Trinajstić information content (AvgIpc) is 2.27. The third kappa shape index (κ3) is 2.78. The first-order chi connectivity index (χ1) is 7.68. The molecule has 1 aliphatic rings. The van der Waals surface area contributed by atoms with E-state index in [1.165, 1.54) is 7.05 Å². The Hall–Kier alpha value is -0.250. The van der Waals surface area contributed by atoms with Gasteiger partial charge in [-0.15, -0.1) is 0 Å². The van der Waals surface area contributed by atoms with Gasteiger partial charge in [-0.05, 0) is 44.1 Å². The van der Waals surface area contributed by atoms with Gasteiger partial charge in [0, 0.05) is 0 Å². The molecule has 1 nitrogen and oxygen atoms in total. The zero-order valence-corrected chi connectivity index (χ0v) is 11.2. The molecule has 0 unspecified atom stereocenters. The Morgan fingerprint density at radius 2 is 1.65 bits per heavy atom. The SMILES string of the molecule is CCC(C)(C)C1CCC(NC)(C(F)(F)F)CC1. The van der Waals surface area contributed by atoms with Crippen molar-refractivity contribution in [3.63, 3.8) is 0 Å². The van der Waals surface area contributed by atoms with Crippen molar-refractivity contribution < 1.29 is 13.2 Å². The number of hydrogen-bond acceptors (Lipinski definition) is 1. The molecule has 0 atom stereocenters. The van der Waals surface area contributed by atoms with E-state index in [-0.39, 0.29) is 18.3 Å². The molecule has 1 rings (SSSR count). The van der Waals surface area contributed by atoms with Crippen molar-refractivity contribution in [3.8, 4) is 0 Å². The van der Waals surface area contributed by atoms with E-state index < -0.39 is 11.7 Å². The Bertz CT molecular complexity index is 250. The Balaban J connectivity index is 2.73. The summed E-state index contributed by atoms with van der Waals surface area (Å²) in [6.07, 6.45) is -1.36. The molecular formula is C13H24F3N. The topological polar surface area (TPSA) is 12.0 Å². The van der Waals surface area contributed by atoms with E-state index in [2.05, 4.69) is 26.1 Å². The smallest absolute Gasteiger partial charge is 0.307 e. The summed E-state index contributed by atoms with van der Waals surface area (Å²) in [5.41, 5.74) is -1.49. The highest BCUT2D eigenvalue weighted by Gasteiger charge is 2.55. The molecule has 0 amide bonds. The second-order valence-electron chi connectivity index (χ2n) is 5.95. The summed E-state index contributed by atoms with van der Waals surface area (Å²) in [6.45, 7) is 6.44. The molecule has 102 valence electrons. The van der Waals surface area contributed by atoms with Gasteiger partial charge in [0.25, 0.3) is 0 Å². The Morgan fingerprint density at radius 3 is 1.94 bits per heavy atom. The molecule has 4 heteroatoms. The molecule has 1 N–H and O–H groups in total. The van der Waals surface area contributed by atoms with Gasteiger partial charge >= 0.3 is 6.18 Å². The van der Waals surface area contributed by atoms with Crippen LogP contribution in [0.3, 0.4) is 0 Å². The van der Waals surface area contributed by atoms with Crippen LogP contribution < -0.4 is 5.32 Å². The maximum absolute atomic E-state index is 13.0. The summed E-state index contributed by atoms with van der Waals surface area (Å²) < 4.78 is 39.1. The Labute approximate surface area is 102 Å². The fourth-order valence-electron chi connectivity index (χ4n) is 2.86. The largest absolute Gasteiger partial charge is 0.406 e. The number of halogens is 3. The van der Waals surface area contributed by atoms with E-state index in [9.17, 15) is 13.2 Å². The van der Waals surface area contributed by atoms with E-state index in [4.69, 9.17) is 0 Å². The highest BCUT2D eigenvalue weighted by atomic mass is 19.4. The fourth-order valence-corrected chi connectivity index (χ4v) is 2.86. The molecule has 0 aromatic heterocycles. The minimum absolute atomic E-state index is 0.158. The molecular weight excluding hydrogens is 227 g/mol. The summed E-state index contributed by atoms with van der Waals surface area (Å²) in [7, 11) is 1.43. The number of nitrogens with one attached hydrogen (secondary N) is 1. The van der Waals surface area contributed by atoms with Crippen LogP contribution in [0.2, 0.25) is 0 Å². The van der Waals surface area contributed by atoms with Crippen LogP contribution in [0.25, 0.3) is 0 Å². The van der Waals surface area contributed by atoms with Gasteiger partial charge in [-0.2, -0.15) is 13.2 Å². The van der Waals surface area contributed by atoms with Gasteiger partial charge in [0.2, 0.25) is 0 Å². The molecule has 0 aromatic carbocycles. The minimum atomic E-state index is -4.14. The molecule has 1 aliphatic carbocycles. The van der Waals surface area contributed by atoms with Gasteiger partial charge in [-0.3, -0.25) is 0 Å². The van der Waals surface area contributed by atoms with Crippen molar-refractivity contribution in [3.05, 3.63) is 0 Å². The third-order valence-corrected chi connectivity index (χ3v) is 4.88. The van der Waals surface area contributed by atoms with Gasteiger partial charge in [0.1, 0.15) is 5.54 Å². The molecule has 0 bridgehead atoms.